The van der Waals surface area contributed by atoms with E-state index in [4.69, 9.17) is 20.3 Å². The molecule has 1 aliphatic rings. The number of carboxylic acids is 1. The summed E-state index contributed by atoms with van der Waals surface area (Å²) in [6.45, 7) is 0.627. The molecule has 3 rings (SSSR count). The molecule has 3 N–H and O–H groups in total. The maximum absolute atomic E-state index is 11.0. The first-order valence-electron chi connectivity index (χ1n) is 5.93. The van der Waals surface area contributed by atoms with Crippen LogP contribution in [-0.2, 0) is 13.1 Å². The summed E-state index contributed by atoms with van der Waals surface area (Å²) in [4.78, 5) is 11.0. The molecule has 20 heavy (non-hydrogen) atoms. The molecule has 0 unspecified atom stereocenters. The molecule has 2 aromatic rings. The summed E-state index contributed by atoms with van der Waals surface area (Å²) >= 11 is 0. The Bertz CT molecular complexity index is 667. The van der Waals surface area contributed by atoms with Crippen LogP contribution in [0.25, 0.3) is 0 Å². The van der Waals surface area contributed by atoms with E-state index in [1.54, 1.807) is 6.07 Å². The third kappa shape index (κ3) is 2.05. The molecule has 8 heteroatoms. The Morgan fingerprint density at radius 2 is 2.20 bits per heavy atom. The first-order chi connectivity index (χ1) is 9.69. The van der Waals surface area contributed by atoms with Crippen molar-refractivity contribution in [3.8, 4) is 11.5 Å². The number of fused-ring (bicyclic) bond motifs is 1. The van der Waals surface area contributed by atoms with E-state index in [0.29, 0.717) is 23.7 Å². The van der Waals surface area contributed by atoms with E-state index in [2.05, 4.69) is 10.3 Å². The van der Waals surface area contributed by atoms with Crippen molar-refractivity contribution in [3.05, 3.63) is 35.2 Å². The number of carbonyl (C=O) groups is 1. The van der Waals surface area contributed by atoms with Gasteiger partial charge in [0.15, 0.2) is 17.2 Å². The predicted molar refractivity (Wildman–Crippen MR) is 66.5 cm³/mol. The minimum absolute atomic E-state index is 0.0547. The number of ether oxygens (including phenoxy) is 2. The highest BCUT2D eigenvalue weighted by atomic mass is 16.7. The van der Waals surface area contributed by atoms with Gasteiger partial charge in [-0.25, -0.2) is 9.48 Å². The largest absolute Gasteiger partial charge is 0.476 e. The number of hydrogen-bond acceptors (Lipinski definition) is 6. The lowest BCUT2D eigenvalue weighted by Crippen LogP contribution is -2.13. The molecule has 0 amide bonds. The number of nitrogens with two attached hydrogens (primary N) is 1. The van der Waals surface area contributed by atoms with Crippen LogP contribution in [0.4, 0.5) is 0 Å². The third-order valence-corrected chi connectivity index (χ3v) is 3.00. The molecule has 0 aliphatic carbocycles. The highest BCUT2D eigenvalue weighted by molar-refractivity contribution is 5.86. The van der Waals surface area contributed by atoms with Gasteiger partial charge >= 0.3 is 5.97 Å². The van der Waals surface area contributed by atoms with Gasteiger partial charge in [-0.1, -0.05) is 11.3 Å². The molecule has 0 radical (unpaired) electrons. The number of rotatable bonds is 4. The predicted octanol–water partition coefficient (Wildman–Crippen LogP) is 0.212. The van der Waals surface area contributed by atoms with Gasteiger partial charge in [-0.3, -0.25) is 0 Å². The van der Waals surface area contributed by atoms with Crippen molar-refractivity contribution in [2.24, 2.45) is 5.73 Å². The van der Waals surface area contributed by atoms with Crippen LogP contribution in [0.5, 0.6) is 11.5 Å². The molecule has 0 bridgehead atoms. The van der Waals surface area contributed by atoms with Crippen LogP contribution >= 0.6 is 0 Å². The fraction of sp³-hybridized carbons (Fsp3) is 0.250. The van der Waals surface area contributed by atoms with E-state index >= 15 is 0 Å². The number of aromatic carboxylic acids is 1. The molecule has 0 atom stereocenters. The zero-order chi connectivity index (χ0) is 14.1. The molecule has 8 nitrogen and oxygen atoms in total. The van der Waals surface area contributed by atoms with Crippen molar-refractivity contribution >= 4 is 5.97 Å². The van der Waals surface area contributed by atoms with Crippen LogP contribution in [0.1, 0.15) is 21.7 Å². The second-order valence-corrected chi connectivity index (χ2v) is 4.24. The van der Waals surface area contributed by atoms with Crippen LogP contribution in [0, 0.1) is 0 Å². The second-order valence-electron chi connectivity index (χ2n) is 4.24. The summed E-state index contributed by atoms with van der Waals surface area (Å²) < 4.78 is 12.0. The van der Waals surface area contributed by atoms with Crippen molar-refractivity contribution in [1.29, 1.82) is 0 Å². The van der Waals surface area contributed by atoms with Crippen LogP contribution in [0.2, 0.25) is 0 Å². The minimum Gasteiger partial charge on any atom is -0.476 e. The first-order valence-corrected chi connectivity index (χ1v) is 5.93. The third-order valence-electron chi connectivity index (χ3n) is 3.00. The number of benzene rings is 1. The summed E-state index contributed by atoms with van der Waals surface area (Å²) in [7, 11) is 0. The van der Waals surface area contributed by atoms with E-state index in [-0.39, 0.29) is 19.0 Å². The summed E-state index contributed by atoms with van der Waals surface area (Å²) in [6.07, 6.45) is 0. The van der Waals surface area contributed by atoms with Gasteiger partial charge in [0, 0.05) is 6.54 Å². The van der Waals surface area contributed by atoms with Crippen LogP contribution in [0.15, 0.2) is 18.2 Å². The SMILES string of the molecule is NCc1c(C(=O)O)nnn1Cc1ccc2c(c1)OCO2. The van der Waals surface area contributed by atoms with E-state index in [0.717, 1.165) is 5.56 Å². The summed E-state index contributed by atoms with van der Waals surface area (Å²) in [6, 6.07) is 5.48. The van der Waals surface area contributed by atoms with Gasteiger partial charge < -0.3 is 20.3 Å². The normalized spacial score (nSPS) is 12.7. The van der Waals surface area contributed by atoms with Crippen LogP contribution in [0.3, 0.4) is 0 Å². The smallest absolute Gasteiger partial charge is 0.358 e. The quantitative estimate of drug-likeness (QED) is 0.820. The fourth-order valence-electron chi connectivity index (χ4n) is 2.04. The minimum atomic E-state index is -1.14. The Kier molecular flexibility index (Phi) is 2.99. The first kappa shape index (κ1) is 12.4. The molecule has 1 aromatic carbocycles. The number of hydrogen-bond donors (Lipinski definition) is 2. The van der Waals surface area contributed by atoms with Crippen LogP contribution in [-0.4, -0.2) is 32.9 Å². The Hall–Kier alpha value is -2.61. The molecule has 0 saturated heterocycles. The zero-order valence-corrected chi connectivity index (χ0v) is 10.4. The van der Waals surface area contributed by atoms with Gasteiger partial charge in [0.1, 0.15) is 0 Å². The monoisotopic (exact) mass is 276 g/mol. The van der Waals surface area contributed by atoms with E-state index in [1.807, 2.05) is 12.1 Å². The lowest BCUT2D eigenvalue weighted by Gasteiger charge is -2.06. The van der Waals surface area contributed by atoms with E-state index < -0.39 is 5.97 Å². The topological polar surface area (TPSA) is 112 Å². The summed E-state index contributed by atoms with van der Waals surface area (Å²) in [5.74, 6) is 0.218. The molecule has 1 aromatic heterocycles. The molecule has 104 valence electrons. The van der Waals surface area contributed by atoms with Gasteiger partial charge in [-0.15, -0.1) is 5.10 Å². The maximum atomic E-state index is 11.0. The average Bonchev–Trinajstić information content (AvgIpc) is 3.04. The molecule has 0 fully saturated rings. The maximum Gasteiger partial charge on any atom is 0.358 e. The zero-order valence-electron chi connectivity index (χ0n) is 10.4. The van der Waals surface area contributed by atoms with Gasteiger partial charge in [-0.2, -0.15) is 0 Å². The molecular weight excluding hydrogens is 264 g/mol. The molecule has 2 heterocycles. The average molecular weight is 276 g/mol. The van der Waals surface area contributed by atoms with Gasteiger partial charge in [0.05, 0.1) is 12.2 Å². The lowest BCUT2D eigenvalue weighted by atomic mass is 10.2. The van der Waals surface area contributed by atoms with Crippen molar-refractivity contribution in [3.63, 3.8) is 0 Å². The highest BCUT2D eigenvalue weighted by Crippen LogP contribution is 2.32. The molecular formula is C12H12N4O4. The Balaban J connectivity index is 1.89. The lowest BCUT2D eigenvalue weighted by molar-refractivity contribution is 0.0689. The number of nitrogens with zero attached hydrogens (tertiary/aromatic N) is 3. The van der Waals surface area contributed by atoms with Crippen molar-refractivity contribution in [2.45, 2.75) is 13.1 Å². The van der Waals surface area contributed by atoms with Gasteiger partial charge in [0.2, 0.25) is 6.79 Å². The molecule has 0 spiro atoms. The van der Waals surface area contributed by atoms with Gasteiger partial charge in [0.25, 0.3) is 0 Å². The standard InChI is InChI=1S/C12H12N4O4/c13-4-8-11(12(17)18)14-15-16(8)5-7-1-2-9-10(3-7)20-6-19-9/h1-3H,4-6,13H2,(H,17,18). The summed E-state index contributed by atoms with van der Waals surface area (Å²) in [5, 5.41) is 16.5. The second kappa shape index (κ2) is 4.82. The van der Waals surface area contributed by atoms with Crippen LogP contribution < -0.4 is 15.2 Å². The number of carboxylic acid groups (broad SMARTS) is 1. The van der Waals surface area contributed by atoms with Crippen molar-refractivity contribution < 1.29 is 19.4 Å². The highest BCUT2D eigenvalue weighted by Gasteiger charge is 2.19. The van der Waals surface area contributed by atoms with Crippen molar-refractivity contribution in [1.82, 2.24) is 15.0 Å². The fourth-order valence-corrected chi connectivity index (χ4v) is 2.04. The van der Waals surface area contributed by atoms with Crippen molar-refractivity contribution in [2.75, 3.05) is 6.79 Å². The Morgan fingerprint density at radius 1 is 1.40 bits per heavy atom. The Morgan fingerprint density at radius 3 is 2.95 bits per heavy atom. The number of aromatic nitrogens is 3. The Labute approximate surface area is 113 Å². The van der Waals surface area contributed by atoms with E-state index in [9.17, 15) is 4.79 Å². The summed E-state index contributed by atoms with van der Waals surface area (Å²) in [5.41, 5.74) is 6.73. The van der Waals surface area contributed by atoms with E-state index in [1.165, 1.54) is 4.68 Å². The van der Waals surface area contributed by atoms with Gasteiger partial charge in [-0.05, 0) is 17.7 Å². The molecule has 0 saturated carbocycles. The molecule has 1 aliphatic heterocycles.